The second kappa shape index (κ2) is 8.17. The summed E-state index contributed by atoms with van der Waals surface area (Å²) in [6.45, 7) is 4.01. The van der Waals surface area contributed by atoms with Gasteiger partial charge in [0.25, 0.3) is 0 Å². The SMILES string of the molecule is CCNC(=O)N1CC2c3nc4ccc(-c5ccc(OC)nc5)cc4n3C(c3ccccc3)C2C1. The van der Waals surface area contributed by atoms with Crippen LogP contribution in [0.15, 0.2) is 66.9 Å². The molecule has 0 radical (unpaired) electrons. The molecule has 0 saturated carbocycles. The highest BCUT2D eigenvalue weighted by atomic mass is 16.5. The minimum absolute atomic E-state index is 0.0145. The third kappa shape index (κ3) is 3.22. The van der Waals surface area contributed by atoms with E-state index in [0.717, 1.165) is 34.5 Å². The van der Waals surface area contributed by atoms with E-state index in [1.807, 2.05) is 36.2 Å². The first-order valence-electron chi connectivity index (χ1n) is 11.8. The van der Waals surface area contributed by atoms with Crippen molar-refractivity contribution in [3.05, 3.63) is 78.2 Å². The van der Waals surface area contributed by atoms with Crippen molar-refractivity contribution in [1.29, 1.82) is 0 Å². The number of imidazole rings is 1. The number of hydrogen-bond donors (Lipinski definition) is 1. The summed E-state index contributed by atoms with van der Waals surface area (Å²) in [5, 5.41) is 2.96. The Kier molecular flexibility index (Phi) is 4.98. The van der Waals surface area contributed by atoms with E-state index >= 15 is 0 Å². The standard InChI is InChI=1S/C27H27N5O2/c1-3-28-27(33)31-15-20-21(16-31)26-30-22-11-9-18(19-10-12-24(34-2)29-14-19)13-23(22)32(26)25(20)17-7-5-4-6-8-17/h4-14,20-21,25H,3,15-16H2,1-2H3,(H,28,33). The molecule has 0 bridgehead atoms. The zero-order chi connectivity index (χ0) is 23.2. The molecule has 0 aliphatic carbocycles. The van der Waals surface area contributed by atoms with Crippen molar-refractivity contribution < 1.29 is 9.53 Å². The van der Waals surface area contributed by atoms with Crippen molar-refractivity contribution in [3.63, 3.8) is 0 Å². The Balaban J connectivity index is 1.46. The molecule has 7 nitrogen and oxygen atoms in total. The van der Waals surface area contributed by atoms with E-state index in [1.165, 1.54) is 5.56 Å². The van der Waals surface area contributed by atoms with Gasteiger partial charge in [0.1, 0.15) is 5.82 Å². The third-order valence-electron chi connectivity index (χ3n) is 7.13. The molecule has 1 saturated heterocycles. The van der Waals surface area contributed by atoms with Gasteiger partial charge >= 0.3 is 6.03 Å². The molecule has 34 heavy (non-hydrogen) atoms. The summed E-state index contributed by atoms with van der Waals surface area (Å²) in [5.74, 6) is 2.18. The maximum atomic E-state index is 12.6. The predicted molar refractivity (Wildman–Crippen MR) is 131 cm³/mol. The van der Waals surface area contributed by atoms with Gasteiger partial charge < -0.3 is 19.5 Å². The van der Waals surface area contributed by atoms with Crippen molar-refractivity contribution in [2.75, 3.05) is 26.7 Å². The minimum Gasteiger partial charge on any atom is -0.481 e. The Bertz CT molecular complexity index is 1350. The molecular formula is C27H27N5O2. The topological polar surface area (TPSA) is 72.3 Å². The number of aromatic nitrogens is 3. The average molecular weight is 454 g/mol. The summed E-state index contributed by atoms with van der Waals surface area (Å²) in [5.41, 5.74) is 5.49. The van der Waals surface area contributed by atoms with Gasteiger partial charge in [0, 0.05) is 49.3 Å². The number of rotatable bonds is 4. The molecule has 7 heteroatoms. The predicted octanol–water partition coefficient (Wildman–Crippen LogP) is 4.45. The first-order chi connectivity index (χ1) is 16.7. The highest BCUT2D eigenvalue weighted by molar-refractivity contribution is 5.83. The number of carbonyl (C=O) groups is 1. The summed E-state index contributed by atoms with van der Waals surface area (Å²) in [4.78, 5) is 24.0. The lowest BCUT2D eigenvalue weighted by molar-refractivity contribution is 0.205. The van der Waals surface area contributed by atoms with E-state index < -0.39 is 0 Å². The number of ether oxygens (including phenoxy) is 1. The first-order valence-corrected chi connectivity index (χ1v) is 11.8. The lowest BCUT2D eigenvalue weighted by atomic mass is 9.88. The summed E-state index contributed by atoms with van der Waals surface area (Å²) in [6.07, 6.45) is 1.84. The highest BCUT2D eigenvalue weighted by Crippen LogP contribution is 2.50. The largest absolute Gasteiger partial charge is 0.481 e. The molecule has 2 aromatic heterocycles. The fourth-order valence-electron chi connectivity index (χ4n) is 5.61. The molecule has 2 aliphatic rings. The smallest absolute Gasteiger partial charge is 0.317 e. The van der Waals surface area contributed by atoms with Crippen LogP contribution in [0.5, 0.6) is 5.88 Å². The zero-order valence-electron chi connectivity index (χ0n) is 19.3. The van der Waals surface area contributed by atoms with Crippen LogP contribution in [0.25, 0.3) is 22.2 Å². The number of urea groups is 1. The Morgan fingerprint density at radius 1 is 1.09 bits per heavy atom. The number of methoxy groups -OCH3 is 1. The summed E-state index contributed by atoms with van der Waals surface area (Å²) >= 11 is 0. The van der Waals surface area contributed by atoms with Crippen LogP contribution >= 0.6 is 0 Å². The van der Waals surface area contributed by atoms with Gasteiger partial charge in [-0.3, -0.25) is 0 Å². The van der Waals surface area contributed by atoms with E-state index in [2.05, 4.69) is 57.3 Å². The quantitative estimate of drug-likeness (QED) is 0.495. The van der Waals surface area contributed by atoms with Crippen LogP contribution in [0.2, 0.25) is 0 Å². The van der Waals surface area contributed by atoms with Crippen LogP contribution in [0.1, 0.15) is 30.3 Å². The van der Waals surface area contributed by atoms with Crippen LogP contribution in [0.4, 0.5) is 4.79 Å². The molecule has 0 spiro atoms. The molecule has 4 aromatic rings. The molecule has 2 aromatic carbocycles. The maximum Gasteiger partial charge on any atom is 0.317 e. The van der Waals surface area contributed by atoms with Crippen LogP contribution in [0.3, 0.4) is 0 Å². The van der Waals surface area contributed by atoms with Crippen LogP contribution in [-0.2, 0) is 0 Å². The number of carbonyl (C=O) groups excluding carboxylic acids is 1. The fraction of sp³-hybridized carbons (Fsp3) is 0.296. The van der Waals surface area contributed by atoms with E-state index in [9.17, 15) is 4.79 Å². The number of amides is 2. The molecule has 3 unspecified atom stereocenters. The van der Waals surface area contributed by atoms with Crippen LogP contribution in [-0.4, -0.2) is 52.2 Å². The Hall–Kier alpha value is -3.87. The summed E-state index contributed by atoms with van der Waals surface area (Å²) in [7, 11) is 1.62. The number of nitrogens with one attached hydrogen (secondary N) is 1. The monoisotopic (exact) mass is 453 g/mol. The number of nitrogens with zero attached hydrogens (tertiary/aromatic N) is 4. The van der Waals surface area contributed by atoms with Gasteiger partial charge in [0.2, 0.25) is 5.88 Å². The Morgan fingerprint density at radius 3 is 2.65 bits per heavy atom. The van der Waals surface area contributed by atoms with Crippen molar-refractivity contribution in [2.45, 2.75) is 18.9 Å². The van der Waals surface area contributed by atoms with Gasteiger partial charge in [0.15, 0.2) is 0 Å². The second-order valence-corrected chi connectivity index (χ2v) is 9.00. The van der Waals surface area contributed by atoms with Crippen molar-refractivity contribution in [1.82, 2.24) is 24.8 Å². The molecule has 1 N–H and O–H groups in total. The third-order valence-corrected chi connectivity index (χ3v) is 7.13. The normalized spacial score (nSPS) is 20.9. The number of fused-ring (bicyclic) bond motifs is 5. The number of hydrogen-bond acceptors (Lipinski definition) is 4. The van der Waals surface area contributed by atoms with Crippen molar-refractivity contribution in [2.24, 2.45) is 5.92 Å². The van der Waals surface area contributed by atoms with Gasteiger partial charge in [-0.05, 0) is 36.2 Å². The molecule has 1 fully saturated rings. The van der Waals surface area contributed by atoms with E-state index in [0.29, 0.717) is 24.9 Å². The van der Waals surface area contributed by atoms with Gasteiger partial charge in [-0.2, -0.15) is 0 Å². The van der Waals surface area contributed by atoms with Crippen molar-refractivity contribution >= 4 is 17.1 Å². The number of likely N-dealkylation sites (tertiary alicyclic amines) is 1. The Morgan fingerprint density at radius 2 is 1.91 bits per heavy atom. The second-order valence-electron chi connectivity index (χ2n) is 9.00. The zero-order valence-corrected chi connectivity index (χ0v) is 19.3. The molecular weight excluding hydrogens is 426 g/mol. The van der Waals surface area contributed by atoms with E-state index in [4.69, 9.17) is 9.72 Å². The summed E-state index contributed by atoms with van der Waals surface area (Å²) in [6, 6.07) is 21.1. The van der Waals surface area contributed by atoms with E-state index in [-0.39, 0.29) is 18.0 Å². The minimum atomic E-state index is 0.0145. The molecule has 2 amide bonds. The fourth-order valence-corrected chi connectivity index (χ4v) is 5.61. The number of pyridine rings is 1. The van der Waals surface area contributed by atoms with Crippen molar-refractivity contribution in [3.8, 4) is 17.0 Å². The van der Waals surface area contributed by atoms with Gasteiger partial charge in [0.05, 0.1) is 24.2 Å². The molecule has 172 valence electrons. The average Bonchev–Trinajstić information content (AvgIpc) is 3.54. The lowest BCUT2D eigenvalue weighted by Gasteiger charge is -2.24. The summed E-state index contributed by atoms with van der Waals surface area (Å²) < 4.78 is 7.62. The molecule has 2 aliphatic heterocycles. The first kappa shape index (κ1) is 20.7. The van der Waals surface area contributed by atoms with Gasteiger partial charge in [-0.25, -0.2) is 14.8 Å². The number of benzene rings is 2. The highest BCUT2D eigenvalue weighted by Gasteiger charge is 2.49. The van der Waals surface area contributed by atoms with E-state index in [1.54, 1.807) is 7.11 Å². The molecule has 4 heterocycles. The van der Waals surface area contributed by atoms with Crippen LogP contribution < -0.4 is 10.1 Å². The molecule has 6 rings (SSSR count). The maximum absolute atomic E-state index is 12.6. The van der Waals surface area contributed by atoms with Gasteiger partial charge in [-0.1, -0.05) is 36.4 Å². The van der Waals surface area contributed by atoms with Crippen LogP contribution in [0, 0.1) is 5.92 Å². The Labute approximate surface area is 198 Å². The van der Waals surface area contributed by atoms with Gasteiger partial charge in [-0.15, -0.1) is 0 Å². The molecule has 3 atom stereocenters. The lowest BCUT2D eigenvalue weighted by Crippen LogP contribution is -2.39.